The smallest absolute Gasteiger partial charge is 0.254 e. The second-order valence-corrected chi connectivity index (χ2v) is 9.44. The summed E-state index contributed by atoms with van der Waals surface area (Å²) in [5.74, 6) is -0.404. The van der Waals surface area contributed by atoms with Crippen LogP contribution in [0.2, 0.25) is 10.0 Å². The Morgan fingerprint density at radius 1 is 1.21 bits per heavy atom. The fourth-order valence-corrected chi connectivity index (χ4v) is 5.15. The molecule has 154 valence electrons. The maximum absolute atomic E-state index is 14.8. The minimum absolute atomic E-state index is 0.00598. The number of hydrogen-bond donors (Lipinski definition) is 2. The third-order valence-corrected chi connectivity index (χ3v) is 6.82. The van der Waals surface area contributed by atoms with Gasteiger partial charge in [0.1, 0.15) is 5.82 Å². The maximum Gasteiger partial charge on any atom is 0.254 e. The molecule has 1 fully saturated rings. The summed E-state index contributed by atoms with van der Waals surface area (Å²) in [6.07, 6.45) is 0.639. The molecule has 29 heavy (non-hydrogen) atoms. The third-order valence-electron chi connectivity index (χ3n) is 6.02. The Labute approximate surface area is 180 Å². The summed E-state index contributed by atoms with van der Waals surface area (Å²) in [6, 6.07) is 8.63. The largest absolute Gasteiger partial charge is 0.374 e. The van der Waals surface area contributed by atoms with Crippen LogP contribution in [-0.4, -0.2) is 37.5 Å². The van der Waals surface area contributed by atoms with E-state index in [1.165, 1.54) is 12.1 Å². The Morgan fingerprint density at radius 2 is 1.97 bits per heavy atom. The van der Waals surface area contributed by atoms with Crippen LogP contribution in [0.15, 0.2) is 30.3 Å². The number of rotatable bonds is 3. The second kappa shape index (κ2) is 7.15. The monoisotopic (exact) mass is 435 g/mol. The van der Waals surface area contributed by atoms with Crippen LogP contribution >= 0.6 is 23.2 Å². The molecular formula is C22H24Cl2FN3O. The van der Waals surface area contributed by atoms with Crippen molar-refractivity contribution >= 4 is 34.8 Å². The van der Waals surface area contributed by atoms with Gasteiger partial charge < -0.3 is 15.5 Å². The van der Waals surface area contributed by atoms with Gasteiger partial charge in [0.2, 0.25) is 0 Å². The molecule has 2 aliphatic heterocycles. The first-order valence-corrected chi connectivity index (χ1v) is 10.4. The van der Waals surface area contributed by atoms with Gasteiger partial charge >= 0.3 is 0 Å². The standard InChI is InChI=1S/C22H24Cl2FN3O/c1-21(2)12-28(3)20(29)14-10-13(4-5-15(14)21)27-22(8-9-26-11-22)18-17(25)7-6-16(23)19(18)24/h4-7,10,26-27H,8-9,11-12H2,1-3H3/t22-/m0/s1. The van der Waals surface area contributed by atoms with Crippen molar-refractivity contribution in [3.8, 4) is 0 Å². The molecule has 0 bridgehead atoms. The van der Waals surface area contributed by atoms with E-state index in [9.17, 15) is 9.18 Å². The van der Waals surface area contributed by atoms with Gasteiger partial charge in [-0.25, -0.2) is 4.39 Å². The first kappa shape index (κ1) is 20.5. The summed E-state index contributed by atoms with van der Waals surface area (Å²) in [5.41, 5.74) is 1.93. The zero-order valence-corrected chi connectivity index (χ0v) is 18.2. The minimum Gasteiger partial charge on any atom is -0.374 e. The second-order valence-electron chi connectivity index (χ2n) is 8.66. The molecule has 0 saturated carbocycles. The highest BCUT2D eigenvalue weighted by molar-refractivity contribution is 6.42. The molecule has 0 aliphatic carbocycles. The highest BCUT2D eigenvalue weighted by Crippen LogP contribution is 2.42. The average Bonchev–Trinajstić information content (AvgIpc) is 3.12. The molecule has 1 atom stereocenters. The van der Waals surface area contributed by atoms with Gasteiger partial charge in [-0.05, 0) is 42.8 Å². The Balaban J connectivity index is 1.79. The lowest BCUT2D eigenvalue weighted by atomic mass is 9.78. The molecule has 1 saturated heterocycles. The van der Waals surface area contributed by atoms with Gasteiger partial charge in [-0.1, -0.05) is 43.1 Å². The highest BCUT2D eigenvalue weighted by Gasteiger charge is 2.41. The molecule has 0 spiro atoms. The number of hydrogen-bond acceptors (Lipinski definition) is 3. The minimum atomic E-state index is -0.751. The number of carbonyl (C=O) groups is 1. The lowest BCUT2D eigenvalue weighted by Crippen LogP contribution is -2.44. The van der Waals surface area contributed by atoms with Gasteiger partial charge in [-0.3, -0.25) is 4.79 Å². The van der Waals surface area contributed by atoms with Crippen LogP contribution in [0.4, 0.5) is 10.1 Å². The van der Waals surface area contributed by atoms with Crippen LogP contribution in [-0.2, 0) is 11.0 Å². The molecule has 2 heterocycles. The average molecular weight is 436 g/mol. The van der Waals surface area contributed by atoms with E-state index >= 15 is 0 Å². The van der Waals surface area contributed by atoms with Gasteiger partial charge in [0, 0.05) is 42.4 Å². The van der Waals surface area contributed by atoms with Crippen molar-refractivity contribution in [2.24, 2.45) is 0 Å². The Bertz CT molecular complexity index is 986. The predicted molar refractivity (Wildman–Crippen MR) is 116 cm³/mol. The quantitative estimate of drug-likeness (QED) is 0.680. The molecule has 2 aromatic carbocycles. The molecule has 4 rings (SSSR count). The molecule has 0 radical (unpaired) electrons. The van der Waals surface area contributed by atoms with Crippen LogP contribution in [0.25, 0.3) is 0 Å². The third kappa shape index (κ3) is 3.39. The number of nitrogens with zero attached hydrogens (tertiary/aromatic N) is 1. The summed E-state index contributed by atoms with van der Waals surface area (Å²) in [6.45, 7) is 6.15. The first-order chi connectivity index (χ1) is 13.6. The van der Waals surface area contributed by atoms with Gasteiger partial charge in [0.25, 0.3) is 5.91 Å². The van der Waals surface area contributed by atoms with Crippen LogP contribution < -0.4 is 10.6 Å². The van der Waals surface area contributed by atoms with Gasteiger partial charge in [0.15, 0.2) is 0 Å². The Morgan fingerprint density at radius 3 is 2.66 bits per heavy atom. The molecule has 0 unspecified atom stereocenters. The number of benzene rings is 2. The van der Waals surface area contributed by atoms with Crippen LogP contribution in [0.3, 0.4) is 0 Å². The van der Waals surface area contributed by atoms with Crippen molar-refractivity contribution in [2.45, 2.75) is 31.2 Å². The van der Waals surface area contributed by atoms with Gasteiger partial charge in [0.05, 0.1) is 15.6 Å². The SMILES string of the molecule is CN1CC(C)(C)c2ccc(N[C@@]3(c4c(F)ccc(Cl)c4Cl)CCNC3)cc2C1=O. The summed E-state index contributed by atoms with van der Waals surface area (Å²) in [7, 11) is 1.82. The molecule has 4 nitrogen and oxygen atoms in total. The van der Waals surface area contributed by atoms with E-state index in [-0.39, 0.29) is 16.3 Å². The summed E-state index contributed by atoms with van der Waals surface area (Å²) >= 11 is 12.6. The van der Waals surface area contributed by atoms with E-state index in [1.807, 2.05) is 25.2 Å². The molecule has 2 N–H and O–H groups in total. The highest BCUT2D eigenvalue weighted by atomic mass is 35.5. The normalized spacial score (nSPS) is 23.2. The van der Waals surface area contributed by atoms with E-state index in [0.717, 1.165) is 17.8 Å². The topological polar surface area (TPSA) is 44.4 Å². The molecule has 2 aromatic rings. The predicted octanol–water partition coefficient (Wildman–Crippen LogP) is 4.80. The van der Waals surface area contributed by atoms with Crippen molar-refractivity contribution < 1.29 is 9.18 Å². The lowest BCUT2D eigenvalue weighted by Gasteiger charge is -2.38. The lowest BCUT2D eigenvalue weighted by molar-refractivity contribution is 0.0737. The summed E-state index contributed by atoms with van der Waals surface area (Å²) in [5, 5.41) is 7.31. The number of anilines is 1. The van der Waals surface area contributed by atoms with E-state index < -0.39 is 11.4 Å². The van der Waals surface area contributed by atoms with Crippen molar-refractivity contribution in [3.05, 3.63) is 62.9 Å². The van der Waals surface area contributed by atoms with Gasteiger partial charge in [-0.2, -0.15) is 0 Å². The van der Waals surface area contributed by atoms with Gasteiger partial charge in [-0.15, -0.1) is 0 Å². The number of likely N-dealkylation sites (N-methyl/N-ethyl adjacent to an activating group) is 1. The zero-order valence-electron chi connectivity index (χ0n) is 16.7. The van der Waals surface area contributed by atoms with Crippen LogP contribution in [0.1, 0.15) is 41.8 Å². The van der Waals surface area contributed by atoms with Crippen molar-refractivity contribution in [1.82, 2.24) is 10.2 Å². The Kier molecular flexibility index (Phi) is 5.04. The first-order valence-electron chi connectivity index (χ1n) is 9.67. The van der Waals surface area contributed by atoms with Crippen LogP contribution in [0, 0.1) is 5.82 Å². The number of nitrogens with one attached hydrogen (secondary N) is 2. The molecular weight excluding hydrogens is 412 g/mol. The summed E-state index contributed by atoms with van der Waals surface area (Å²) < 4.78 is 14.8. The number of halogens is 3. The van der Waals surface area contributed by atoms with E-state index in [1.54, 1.807) is 4.90 Å². The number of fused-ring (bicyclic) bond motifs is 1. The number of amides is 1. The van der Waals surface area contributed by atoms with E-state index in [0.29, 0.717) is 35.7 Å². The zero-order chi connectivity index (χ0) is 21.0. The van der Waals surface area contributed by atoms with E-state index in [2.05, 4.69) is 24.5 Å². The van der Waals surface area contributed by atoms with E-state index in [4.69, 9.17) is 23.2 Å². The van der Waals surface area contributed by atoms with Crippen molar-refractivity contribution in [3.63, 3.8) is 0 Å². The molecule has 7 heteroatoms. The van der Waals surface area contributed by atoms with Crippen molar-refractivity contribution in [1.29, 1.82) is 0 Å². The molecule has 2 aliphatic rings. The Hall–Kier alpha value is -1.82. The summed E-state index contributed by atoms with van der Waals surface area (Å²) in [4.78, 5) is 14.5. The maximum atomic E-state index is 14.8. The fourth-order valence-electron chi connectivity index (χ4n) is 4.66. The number of carbonyl (C=O) groups excluding carboxylic acids is 1. The van der Waals surface area contributed by atoms with Crippen molar-refractivity contribution in [2.75, 3.05) is 32.0 Å². The molecule has 0 aromatic heterocycles. The fraction of sp³-hybridized carbons (Fsp3) is 0.409. The molecule has 1 amide bonds. The van der Waals surface area contributed by atoms with Crippen LogP contribution in [0.5, 0.6) is 0 Å².